The number of carbonyl (C=O) groups is 1. The minimum absolute atomic E-state index is 0.242. The normalized spacial score (nSPS) is 17.0. The van der Waals surface area contributed by atoms with Gasteiger partial charge in [-0.25, -0.2) is 8.78 Å². The molecular weight excluding hydrogens is 300 g/mol. The number of rotatable bonds is 6. The number of hydrogen-bond donors (Lipinski definition) is 2. The van der Waals surface area contributed by atoms with Crippen LogP contribution >= 0.6 is 0 Å². The predicted octanol–water partition coefficient (Wildman–Crippen LogP) is 2.62. The van der Waals surface area contributed by atoms with Crippen molar-refractivity contribution in [1.29, 1.82) is 0 Å². The van der Waals surface area contributed by atoms with E-state index in [1.807, 2.05) is 23.1 Å². The van der Waals surface area contributed by atoms with Crippen LogP contribution in [0.15, 0.2) is 18.2 Å². The molecule has 1 amide bonds. The van der Waals surface area contributed by atoms with E-state index in [9.17, 15) is 13.6 Å². The molecule has 0 fully saturated rings. The Hall–Kier alpha value is -1.69. The number of nitrogens with zero attached hydrogens (tertiary/aromatic N) is 1. The highest BCUT2D eigenvalue weighted by Crippen LogP contribution is 2.31. The van der Waals surface area contributed by atoms with Crippen molar-refractivity contribution in [3.05, 3.63) is 29.3 Å². The lowest BCUT2D eigenvalue weighted by atomic mass is 9.85. The van der Waals surface area contributed by atoms with E-state index in [2.05, 4.69) is 5.32 Å². The van der Waals surface area contributed by atoms with Crippen LogP contribution < -0.4 is 11.1 Å². The molecule has 0 bridgehead atoms. The second kappa shape index (κ2) is 6.83. The maximum atomic E-state index is 13.1. The molecule has 0 spiro atoms. The number of alkyl halides is 2. The van der Waals surface area contributed by atoms with Crippen molar-refractivity contribution in [2.75, 3.05) is 18.4 Å². The summed E-state index contributed by atoms with van der Waals surface area (Å²) in [7, 11) is 0. The highest BCUT2D eigenvalue weighted by Gasteiger charge is 2.35. The van der Waals surface area contributed by atoms with Crippen molar-refractivity contribution in [3.8, 4) is 0 Å². The number of fused-ring (bicyclic) bond motifs is 1. The third-order valence-electron chi connectivity index (χ3n) is 4.74. The lowest BCUT2D eigenvalue weighted by molar-refractivity contribution is -0.119. The molecule has 1 aliphatic heterocycles. The molecule has 0 saturated heterocycles. The van der Waals surface area contributed by atoms with E-state index in [1.54, 1.807) is 20.8 Å². The van der Waals surface area contributed by atoms with Gasteiger partial charge in [0.2, 0.25) is 12.3 Å². The first-order valence-corrected chi connectivity index (χ1v) is 7.87. The second-order valence-corrected chi connectivity index (χ2v) is 6.90. The molecule has 1 aliphatic rings. The van der Waals surface area contributed by atoms with Gasteiger partial charge < -0.3 is 11.1 Å². The summed E-state index contributed by atoms with van der Waals surface area (Å²) in [6.45, 7) is 6.58. The number of hydrogen-bond acceptors (Lipinski definition) is 3. The summed E-state index contributed by atoms with van der Waals surface area (Å²) in [6.07, 6.45) is -1.53. The molecule has 1 atom stereocenters. The first-order valence-electron chi connectivity index (χ1n) is 7.87. The summed E-state index contributed by atoms with van der Waals surface area (Å²) in [4.78, 5) is 13.1. The van der Waals surface area contributed by atoms with Gasteiger partial charge in [0.05, 0.1) is 6.54 Å². The van der Waals surface area contributed by atoms with Gasteiger partial charge in [-0.1, -0.05) is 19.9 Å². The summed E-state index contributed by atoms with van der Waals surface area (Å²) < 4.78 is 26.2. The Morgan fingerprint density at radius 2 is 2.09 bits per heavy atom. The fourth-order valence-corrected chi connectivity index (χ4v) is 2.69. The van der Waals surface area contributed by atoms with Crippen molar-refractivity contribution < 1.29 is 13.6 Å². The molecule has 0 aliphatic carbocycles. The van der Waals surface area contributed by atoms with E-state index >= 15 is 0 Å². The number of benzene rings is 1. The molecule has 2 rings (SSSR count). The van der Waals surface area contributed by atoms with Crippen LogP contribution in [0.5, 0.6) is 0 Å². The molecule has 23 heavy (non-hydrogen) atoms. The fourth-order valence-electron chi connectivity index (χ4n) is 2.69. The largest absolute Gasteiger partial charge is 0.382 e. The van der Waals surface area contributed by atoms with Crippen molar-refractivity contribution in [2.45, 2.75) is 46.2 Å². The van der Waals surface area contributed by atoms with Gasteiger partial charge in [0.25, 0.3) is 0 Å². The number of halogens is 2. The number of carbonyl (C=O) groups excluding carboxylic acids is 1. The summed E-state index contributed by atoms with van der Waals surface area (Å²) in [5.41, 5.74) is 7.31. The summed E-state index contributed by atoms with van der Waals surface area (Å²) in [6, 6.07) is 5.58. The zero-order valence-corrected chi connectivity index (χ0v) is 13.9. The molecular formula is C17H25F2N3O. The van der Waals surface area contributed by atoms with Gasteiger partial charge in [0, 0.05) is 30.2 Å². The Morgan fingerprint density at radius 1 is 1.39 bits per heavy atom. The molecule has 3 N–H and O–H groups in total. The van der Waals surface area contributed by atoms with Crippen LogP contribution in [0.25, 0.3) is 0 Å². The Labute approximate surface area is 136 Å². The monoisotopic (exact) mass is 325 g/mol. The van der Waals surface area contributed by atoms with E-state index in [1.165, 1.54) is 5.56 Å². The minimum Gasteiger partial charge on any atom is -0.382 e. The minimum atomic E-state index is -2.39. The number of nitrogens with two attached hydrogens (primary N) is 1. The number of primary amides is 1. The van der Waals surface area contributed by atoms with Crippen LogP contribution in [0.2, 0.25) is 0 Å². The summed E-state index contributed by atoms with van der Waals surface area (Å²) >= 11 is 0. The standard InChI is InChI=1S/C17H25F2N3O/c1-11(17(2,3)16(18)19)21-14-5-4-12-6-7-22(10-15(20)23)9-13(12)8-14/h4-5,8,11,16,21H,6-7,9-10H2,1-3H3,(H2,20,23). The zero-order valence-electron chi connectivity index (χ0n) is 13.9. The second-order valence-electron chi connectivity index (χ2n) is 6.90. The fraction of sp³-hybridized carbons (Fsp3) is 0.588. The van der Waals surface area contributed by atoms with Crippen molar-refractivity contribution in [3.63, 3.8) is 0 Å². The van der Waals surface area contributed by atoms with Crippen LogP contribution in [0, 0.1) is 5.41 Å². The van der Waals surface area contributed by atoms with Crippen LogP contribution in [0.4, 0.5) is 14.5 Å². The van der Waals surface area contributed by atoms with Crippen LogP contribution in [0.1, 0.15) is 31.9 Å². The van der Waals surface area contributed by atoms with Crippen LogP contribution in [-0.2, 0) is 17.8 Å². The first kappa shape index (κ1) is 17.7. The van der Waals surface area contributed by atoms with E-state index in [4.69, 9.17) is 5.73 Å². The number of nitrogens with one attached hydrogen (secondary N) is 1. The van der Waals surface area contributed by atoms with Gasteiger partial charge in [-0.2, -0.15) is 0 Å². The quantitative estimate of drug-likeness (QED) is 0.845. The Balaban J connectivity index is 2.10. The Morgan fingerprint density at radius 3 is 2.70 bits per heavy atom. The Kier molecular flexibility index (Phi) is 5.24. The maximum absolute atomic E-state index is 13.1. The molecule has 0 saturated carbocycles. The van der Waals surface area contributed by atoms with Crippen molar-refractivity contribution in [1.82, 2.24) is 4.90 Å². The third kappa shape index (κ3) is 4.19. The molecule has 1 aromatic rings. The van der Waals surface area contributed by atoms with Crippen molar-refractivity contribution in [2.24, 2.45) is 11.1 Å². The van der Waals surface area contributed by atoms with E-state index in [-0.39, 0.29) is 18.5 Å². The maximum Gasteiger partial charge on any atom is 0.245 e. The predicted molar refractivity (Wildman–Crippen MR) is 87.5 cm³/mol. The lowest BCUT2D eigenvalue weighted by Crippen LogP contribution is -2.39. The molecule has 1 unspecified atom stereocenters. The number of anilines is 1. The zero-order chi connectivity index (χ0) is 17.2. The van der Waals surface area contributed by atoms with Gasteiger partial charge >= 0.3 is 0 Å². The SMILES string of the molecule is CC(Nc1ccc2c(c1)CN(CC(N)=O)CC2)C(C)(C)C(F)F. The van der Waals surface area contributed by atoms with Crippen LogP contribution in [0.3, 0.4) is 0 Å². The average Bonchev–Trinajstić information content (AvgIpc) is 2.45. The van der Waals surface area contributed by atoms with Gasteiger partial charge in [-0.3, -0.25) is 9.69 Å². The lowest BCUT2D eigenvalue weighted by Gasteiger charge is -2.33. The molecule has 1 heterocycles. The number of amides is 1. The van der Waals surface area contributed by atoms with Gasteiger partial charge in [0.1, 0.15) is 0 Å². The highest BCUT2D eigenvalue weighted by molar-refractivity contribution is 5.76. The molecule has 128 valence electrons. The third-order valence-corrected chi connectivity index (χ3v) is 4.74. The van der Waals surface area contributed by atoms with Crippen LogP contribution in [-0.4, -0.2) is 36.4 Å². The highest BCUT2D eigenvalue weighted by atomic mass is 19.3. The summed E-state index contributed by atoms with van der Waals surface area (Å²) in [5, 5.41) is 3.18. The van der Waals surface area contributed by atoms with Crippen molar-refractivity contribution >= 4 is 11.6 Å². The molecule has 0 aromatic heterocycles. The molecule has 6 heteroatoms. The van der Waals surface area contributed by atoms with Gasteiger partial charge in [-0.05, 0) is 36.6 Å². The topological polar surface area (TPSA) is 58.4 Å². The van der Waals surface area contributed by atoms with Gasteiger partial charge in [0.15, 0.2) is 0 Å². The molecule has 0 radical (unpaired) electrons. The van der Waals surface area contributed by atoms with Gasteiger partial charge in [-0.15, -0.1) is 0 Å². The smallest absolute Gasteiger partial charge is 0.245 e. The Bertz CT molecular complexity index is 575. The summed E-state index contributed by atoms with van der Waals surface area (Å²) in [5.74, 6) is -0.338. The van der Waals surface area contributed by atoms with E-state index < -0.39 is 11.8 Å². The van der Waals surface area contributed by atoms with E-state index in [0.717, 1.165) is 24.2 Å². The molecule has 1 aromatic carbocycles. The van der Waals surface area contributed by atoms with E-state index in [0.29, 0.717) is 6.54 Å². The average molecular weight is 325 g/mol. The molecule has 4 nitrogen and oxygen atoms in total. The first-order chi connectivity index (χ1) is 10.7.